The second-order valence-electron chi connectivity index (χ2n) is 7.41. The fraction of sp³-hybridized carbons (Fsp3) is 0.318. The molecule has 2 atom stereocenters. The zero-order chi connectivity index (χ0) is 21.8. The summed E-state index contributed by atoms with van der Waals surface area (Å²) in [5, 5.41) is 0. The minimum atomic E-state index is -1.11. The molecule has 1 aliphatic rings. The van der Waals surface area contributed by atoms with Gasteiger partial charge in [-0.25, -0.2) is 8.78 Å². The lowest BCUT2D eigenvalue weighted by atomic mass is 9.94. The van der Waals surface area contributed by atoms with E-state index in [0.717, 1.165) is 0 Å². The van der Waals surface area contributed by atoms with E-state index in [4.69, 9.17) is 5.73 Å². The lowest BCUT2D eigenvalue weighted by Gasteiger charge is -2.36. The SMILES string of the molecule is CN(C(=O)C1CCCN(C(=O)c2ccc(F)cc2)C1)C(C(N)=O)c1cccc(F)c1. The van der Waals surface area contributed by atoms with Crippen LogP contribution in [-0.2, 0) is 9.59 Å². The zero-order valence-corrected chi connectivity index (χ0v) is 16.6. The number of likely N-dealkylation sites (tertiary alicyclic amines) is 1. The third kappa shape index (κ3) is 4.64. The molecule has 0 aliphatic carbocycles. The van der Waals surface area contributed by atoms with Gasteiger partial charge in [0.05, 0.1) is 5.92 Å². The van der Waals surface area contributed by atoms with E-state index < -0.39 is 29.5 Å². The molecule has 2 N–H and O–H groups in total. The molecule has 1 aliphatic heterocycles. The number of nitrogens with two attached hydrogens (primary N) is 1. The van der Waals surface area contributed by atoms with Gasteiger partial charge in [-0.05, 0) is 54.8 Å². The molecule has 0 aromatic heterocycles. The molecule has 1 saturated heterocycles. The molecule has 3 rings (SSSR count). The van der Waals surface area contributed by atoms with E-state index in [0.29, 0.717) is 24.9 Å². The van der Waals surface area contributed by atoms with E-state index >= 15 is 0 Å². The molecule has 158 valence electrons. The van der Waals surface area contributed by atoms with E-state index in [9.17, 15) is 23.2 Å². The highest BCUT2D eigenvalue weighted by Crippen LogP contribution is 2.26. The summed E-state index contributed by atoms with van der Waals surface area (Å²) in [6.07, 6.45) is 1.16. The zero-order valence-electron chi connectivity index (χ0n) is 16.6. The summed E-state index contributed by atoms with van der Waals surface area (Å²) in [4.78, 5) is 40.6. The summed E-state index contributed by atoms with van der Waals surface area (Å²) >= 11 is 0. The molecule has 0 spiro atoms. The molecule has 3 amide bonds. The Morgan fingerprint density at radius 3 is 2.43 bits per heavy atom. The van der Waals surface area contributed by atoms with Crippen molar-refractivity contribution in [3.05, 3.63) is 71.3 Å². The van der Waals surface area contributed by atoms with Crippen LogP contribution in [0.25, 0.3) is 0 Å². The normalized spacial score (nSPS) is 17.3. The number of amides is 3. The third-order valence-corrected chi connectivity index (χ3v) is 5.32. The Hall–Kier alpha value is -3.29. The molecule has 0 radical (unpaired) electrons. The van der Waals surface area contributed by atoms with Crippen molar-refractivity contribution in [3.8, 4) is 0 Å². The summed E-state index contributed by atoms with van der Waals surface area (Å²) < 4.78 is 26.7. The molecule has 0 bridgehead atoms. The number of carbonyl (C=O) groups is 3. The van der Waals surface area contributed by atoms with Crippen molar-refractivity contribution in [3.63, 3.8) is 0 Å². The van der Waals surface area contributed by atoms with Crippen molar-refractivity contribution >= 4 is 17.7 Å². The molecular formula is C22H23F2N3O3. The van der Waals surface area contributed by atoms with E-state index in [1.54, 1.807) is 4.90 Å². The van der Waals surface area contributed by atoms with Crippen molar-refractivity contribution in [1.29, 1.82) is 0 Å². The predicted octanol–water partition coefficient (Wildman–Crippen LogP) is 2.50. The van der Waals surface area contributed by atoms with Gasteiger partial charge in [-0.2, -0.15) is 0 Å². The third-order valence-electron chi connectivity index (χ3n) is 5.32. The van der Waals surface area contributed by atoms with Crippen LogP contribution in [0.4, 0.5) is 8.78 Å². The minimum absolute atomic E-state index is 0.175. The number of piperidine rings is 1. The number of hydrogen-bond donors (Lipinski definition) is 1. The summed E-state index contributed by atoms with van der Waals surface area (Å²) in [5.74, 6) is -2.90. The number of likely N-dealkylation sites (N-methyl/N-ethyl adjacent to an activating group) is 1. The first-order valence-corrected chi connectivity index (χ1v) is 9.64. The molecule has 30 heavy (non-hydrogen) atoms. The summed E-state index contributed by atoms with van der Waals surface area (Å²) in [7, 11) is 1.45. The number of halogens is 2. The Morgan fingerprint density at radius 2 is 1.80 bits per heavy atom. The topological polar surface area (TPSA) is 83.7 Å². The fourth-order valence-corrected chi connectivity index (χ4v) is 3.81. The maximum absolute atomic E-state index is 13.6. The number of primary amides is 1. The van der Waals surface area contributed by atoms with Crippen LogP contribution >= 0.6 is 0 Å². The van der Waals surface area contributed by atoms with Gasteiger partial charge in [0.25, 0.3) is 5.91 Å². The first-order chi connectivity index (χ1) is 14.3. The van der Waals surface area contributed by atoms with Crippen molar-refractivity contribution in [2.75, 3.05) is 20.1 Å². The van der Waals surface area contributed by atoms with Crippen LogP contribution < -0.4 is 5.73 Å². The largest absolute Gasteiger partial charge is 0.368 e. The van der Waals surface area contributed by atoms with Gasteiger partial charge in [-0.3, -0.25) is 14.4 Å². The highest BCUT2D eigenvalue weighted by molar-refractivity contribution is 5.95. The Balaban J connectivity index is 1.75. The highest BCUT2D eigenvalue weighted by Gasteiger charge is 2.35. The van der Waals surface area contributed by atoms with Crippen molar-refractivity contribution in [1.82, 2.24) is 9.80 Å². The molecule has 2 aromatic carbocycles. The first kappa shape index (κ1) is 21.4. The van der Waals surface area contributed by atoms with Gasteiger partial charge >= 0.3 is 0 Å². The molecule has 8 heteroatoms. The Morgan fingerprint density at radius 1 is 1.10 bits per heavy atom. The molecular weight excluding hydrogens is 392 g/mol. The lowest BCUT2D eigenvalue weighted by molar-refractivity contribution is -0.142. The molecule has 2 unspecified atom stereocenters. The van der Waals surface area contributed by atoms with Crippen LogP contribution in [0, 0.1) is 17.6 Å². The van der Waals surface area contributed by atoms with E-state index in [1.165, 1.54) is 60.5 Å². The van der Waals surface area contributed by atoms with Crippen molar-refractivity contribution in [2.45, 2.75) is 18.9 Å². The molecule has 6 nitrogen and oxygen atoms in total. The number of nitrogens with zero attached hydrogens (tertiary/aromatic N) is 2. The van der Waals surface area contributed by atoms with Crippen molar-refractivity contribution in [2.24, 2.45) is 11.7 Å². The van der Waals surface area contributed by atoms with Crippen molar-refractivity contribution < 1.29 is 23.2 Å². The minimum Gasteiger partial charge on any atom is -0.368 e. The van der Waals surface area contributed by atoms with Gasteiger partial charge < -0.3 is 15.5 Å². The van der Waals surface area contributed by atoms with Gasteiger partial charge in [-0.1, -0.05) is 12.1 Å². The summed E-state index contributed by atoms with van der Waals surface area (Å²) in [6, 6.07) is 9.51. The van der Waals surface area contributed by atoms with E-state index in [1.807, 2.05) is 0 Å². The highest BCUT2D eigenvalue weighted by atomic mass is 19.1. The second kappa shape index (κ2) is 9.02. The summed E-state index contributed by atoms with van der Waals surface area (Å²) in [6.45, 7) is 0.654. The maximum atomic E-state index is 13.6. The predicted molar refractivity (Wildman–Crippen MR) is 106 cm³/mol. The van der Waals surface area contributed by atoms with Gasteiger partial charge in [0.2, 0.25) is 11.8 Å². The van der Waals surface area contributed by atoms with Gasteiger partial charge in [-0.15, -0.1) is 0 Å². The molecule has 2 aromatic rings. The Bertz CT molecular complexity index is 949. The van der Waals surface area contributed by atoms with Gasteiger partial charge in [0.15, 0.2) is 0 Å². The molecule has 0 saturated carbocycles. The van der Waals surface area contributed by atoms with Gasteiger partial charge in [0.1, 0.15) is 17.7 Å². The van der Waals surface area contributed by atoms with Crippen LogP contribution in [0.3, 0.4) is 0 Å². The quantitative estimate of drug-likeness (QED) is 0.815. The fourth-order valence-electron chi connectivity index (χ4n) is 3.81. The van der Waals surface area contributed by atoms with Crippen LogP contribution in [0.1, 0.15) is 34.8 Å². The van der Waals surface area contributed by atoms with Crippen LogP contribution in [0.2, 0.25) is 0 Å². The number of carbonyl (C=O) groups excluding carboxylic acids is 3. The van der Waals surface area contributed by atoms with Gasteiger partial charge in [0, 0.05) is 25.7 Å². The number of benzene rings is 2. The number of hydrogen-bond acceptors (Lipinski definition) is 3. The Kier molecular flexibility index (Phi) is 6.44. The standard InChI is InChI=1S/C22H23F2N3O3/c1-26(19(20(25)28)15-4-2-6-18(24)12-15)21(29)16-5-3-11-27(13-16)22(30)14-7-9-17(23)10-8-14/h2,4,6-10,12,16,19H,3,5,11,13H2,1H3,(H2,25,28). The first-order valence-electron chi connectivity index (χ1n) is 9.64. The summed E-state index contributed by atoms with van der Waals surface area (Å²) in [5.41, 5.74) is 6.13. The lowest BCUT2D eigenvalue weighted by Crippen LogP contribution is -2.48. The molecule has 1 heterocycles. The van der Waals surface area contributed by atoms with E-state index in [-0.39, 0.29) is 23.9 Å². The maximum Gasteiger partial charge on any atom is 0.253 e. The smallest absolute Gasteiger partial charge is 0.253 e. The monoisotopic (exact) mass is 415 g/mol. The molecule has 1 fully saturated rings. The van der Waals surface area contributed by atoms with Crippen LogP contribution in [0.15, 0.2) is 48.5 Å². The van der Waals surface area contributed by atoms with Crippen LogP contribution in [-0.4, -0.2) is 47.7 Å². The Labute approximate surface area is 173 Å². The average Bonchev–Trinajstić information content (AvgIpc) is 2.73. The van der Waals surface area contributed by atoms with E-state index in [2.05, 4.69) is 0 Å². The van der Waals surface area contributed by atoms with Crippen LogP contribution in [0.5, 0.6) is 0 Å². The number of rotatable bonds is 5. The second-order valence-corrected chi connectivity index (χ2v) is 7.41. The average molecular weight is 415 g/mol.